The highest BCUT2D eigenvalue weighted by Gasteiger charge is 2.09. The van der Waals surface area contributed by atoms with Gasteiger partial charge >= 0.3 is 0 Å². The van der Waals surface area contributed by atoms with E-state index >= 15 is 0 Å². The smallest absolute Gasteiger partial charge is 0.136 e. The summed E-state index contributed by atoms with van der Waals surface area (Å²) in [7, 11) is 0. The highest BCUT2D eigenvalue weighted by atomic mass is 16.3. The van der Waals surface area contributed by atoms with Gasteiger partial charge in [0.25, 0.3) is 0 Å². The lowest BCUT2D eigenvalue weighted by atomic mass is 10.2. The number of nitrogens with two attached hydrogens (primary N) is 1. The van der Waals surface area contributed by atoms with Crippen molar-refractivity contribution in [2.45, 2.75) is 6.04 Å². The predicted molar refractivity (Wildman–Crippen MR) is 49.2 cm³/mol. The second-order valence-electron chi connectivity index (χ2n) is 2.90. The van der Waals surface area contributed by atoms with Crippen molar-refractivity contribution < 1.29 is 5.11 Å². The van der Waals surface area contributed by atoms with Gasteiger partial charge in [-0.3, -0.25) is 0 Å². The Kier molecular flexibility index (Phi) is 2.00. The summed E-state index contributed by atoms with van der Waals surface area (Å²) in [6, 6.07) is 5.35. The maximum Gasteiger partial charge on any atom is 0.136 e. The summed E-state index contributed by atoms with van der Waals surface area (Å²) in [4.78, 5) is 4.16. The highest BCUT2D eigenvalue weighted by Crippen LogP contribution is 2.11. The molecule has 0 saturated heterocycles. The number of aliphatic hydroxyl groups excluding tert-OH is 1. The van der Waals surface area contributed by atoms with Crippen LogP contribution in [0.5, 0.6) is 0 Å². The third kappa shape index (κ3) is 1.30. The van der Waals surface area contributed by atoms with Crippen molar-refractivity contribution in [3.63, 3.8) is 0 Å². The quantitative estimate of drug-likeness (QED) is 0.694. The Bertz CT molecular complexity index is 410. The molecule has 2 heterocycles. The summed E-state index contributed by atoms with van der Waals surface area (Å²) in [5, 5.41) is 8.90. The molecule has 0 aliphatic carbocycles. The van der Waals surface area contributed by atoms with Crippen molar-refractivity contribution in [3.8, 4) is 0 Å². The average molecular weight is 177 g/mol. The van der Waals surface area contributed by atoms with Gasteiger partial charge in [0.15, 0.2) is 0 Å². The lowest BCUT2D eigenvalue weighted by Gasteiger charge is -2.06. The van der Waals surface area contributed by atoms with E-state index in [0.717, 1.165) is 11.3 Å². The van der Waals surface area contributed by atoms with Crippen LogP contribution in [0, 0.1) is 0 Å². The molecular weight excluding hydrogens is 166 g/mol. The Morgan fingerprint density at radius 1 is 1.54 bits per heavy atom. The van der Waals surface area contributed by atoms with Gasteiger partial charge in [-0.25, -0.2) is 4.98 Å². The van der Waals surface area contributed by atoms with Crippen LogP contribution < -0.4 is 5.73 Å². The molecule has 0 radical (unpaired) electrons. The molecule has 0 aliphatic rings. The first-order chi connectivity index (χ1) is 6.33. The second-order valence-corrected chi connectivity index (χ2v) is 2.90. The number of pyridine rings is 1. The normalized spacial score (nSPS) is 13.4. The molecule has 4 heteroatoms. The van der Waals surface area contributed by atoms with E-state index in [4.69, 9.17) is 10.8 Å². The van der Waals surface area contributed by atoms with E-state index in [1.54, 1.807) is 6.20 Å². The summed E-state index contributed by atoms with van der Waals surface area (Å²) in [6.45, 7) is -0.0668. The number of imidazole rings is 1. The molecule has 13 heavy (non-hydrogen) atoms. The van der Waals surface area contributed by atoms with E-state index < -0.39 is 0 Å². The summed E-state index contributed by atoms with van der Waals surface area (Å²) in [6.07, 6.45) is 3.57. The monoisotopic (exact) mass is 177 g/mol. The van der Waals surface area contributed by atoms with Gasteiger partial charge < -0.3 is 15.2 Å². The van der Waals surface area contributed by atoms with Crippen LogP contribution in [0.4, 0.5) is 0 Å². The molecule has 68 valence electrons. The zero-order valence-electron chi connectivity index (χ0n) is 7.09. The van der Waals surface area contributed by atoms with Crippen LogP contribution in [0.1, 0.15) is 11.7 Å². The van der Waals surface area contributed by atoms with Crippen molar-refractivity contribution in [3.05, 3.63) is 36.3 Å². The van der Waals surface area contributed by atoms with Crippen LogP contribution in [0.15, 0.2) is 30.6 Å². The van der Waals surface area contributed by atoms with Crippen LogP contribution in [0.25, 0.3) is 5.65 Å². The molecule has 2 aromatic rings. The molecule has 0 aliphatic heterocycles. The third-order valence-corrected chi connectivity index (χ3v) is 2.02. The number of hydrogen-bond acceptors (Lipinski definition) is 3. The van der Waals surface area contributed by atoms with E-state index in [-0.39, 0.29) is 12.6 Å². The topological polar surface area (TPSA) is 63.5 Å². The number of fused-ring (bicyclic) bond motifs is 1. The van der Waals surface area contributed by atoms with E-state index in [1.165, 1.54) is 0 Å². The first-order valence-electron chi connectivity index (χ1n) is 4.11. The average Bonchev–Trinajstić information content (AvgIpc) is 2.60. The van der Waals surface area contributed by atoms with Crippen LogP contribution in [0.2, 0.25) is 0 Å². The number of rotatable bonds is 2. The van der Waals surface area contributed by atoms with Gasteiger partial charge in [0.05, 0.1) is 24.5 Å². The van der Waals surface area contributed by atoms with Gasteiger partial charge in [0.2, 0.25) is 0 Å². The molecule has 0 saturated carbocycles. The Morgan fingerprint density at radius 2 is 2.38 bits per heavy atom. The zero-order valence-corrected chi connectivity index (χ0v) is 7.09. The third-order valence-electron chi connectivity index (χ3n) is 2.02. The van der Waals surface area contributed by atoms with Crippen molar-refractivity contribution in [1.29, 1.82) is 0 Å². The fourth-order valence-corrected chi connectivity index (χ4v) is 1.32. The molecule has 4 nitrogen and oxygen atoms in total. The van der Waals surface area contributed by atoms with Crippen molar-refractivity contribution in [2.24, 2.45) is 5.73 Å². The predicted octanol–water partition coefficient (Wildman–Crippen LogP) is 0.326. The number of aliphatic hydroxyl groups is 1. The lowest BCUT2D eigenvalue weighted by molar-refractivity contribution is 0.265. The van der Waals surface area contributed by atoms with Crippen LogP contribution in [0.3, 0.4) is 0 Å². The summed E-state index contributed by atoms with van der Waals surface area (Å²) < 4.78 is 1.88. The van der Waals surface area contributed by atoms with Gasteiger partial charge in [-0.2, -0.15) is 0 Å². The van der Waals surface area contributed by atoms with Gasteiger partial charge in [-0.15, -0.1) is 0 Å². The molecular formula is C9H11N3O. The summed E-state index contributed by atoms with van der Waals surface area (Å²) >= 11 is 0. The molecule has 3 N–H and O–H groups in total. The first-order valence-corrected chi connectivity index (χ1v) is 4.11. The van der Waals surface area contributed by atoms with Crippen molar-refractivity contribution in [1.82, 2.24) is 9.38 Å². The number of nitrogens with zero attached hydrogens (tertiary/aromatic N) is 2. The minimum atomic E-state index is -0.364. The molecule has 2 aromatic heterocycles. The van der Waals surface area contributed by atoms with Gasteiger partial charge in [0, 0.05) is 6.20 Å². The Labute approximate surface area is 75.6 Å². The summed E-state index contributed by atoms with van der Waals surface area (Å²) in [5.41, 5.74) is 7.37. The Hall–Kier alpha value is -1.39. The summed E-state index contributed by atoms with van der Waals surface area (Å²) in [5.74, 6) is 0. The molecule has 2 rings (SSSR count). The Balaban J connectivity index is 2.57. The van der Waals surface area contributed by atoms with Gasteiger partial charge in [0.1, 0.15) is 5.65 Å². The molecule has 0 aromatic carbocycles. The molecule has 1 atom stereocenters. The maximum absolute atomic E-state index is 8.90. The first kappa shape index (κ1) is 8.22. The van der Waals surface area contributed by atoms with Crippen LogP contribution in [-0.4, -0.2) is 21.1 Å². The Morgan fingerprint density at radius 3 is 3.15 bits per heavy atom. The molecule has 0 amide bonds. The van der Waals surface area contributed by atoms with Crippen LogP contribution in [-0.2, 0) is 0 Å². The SMILES string of the molecule is N[C@@H](CO)c1cnc2ccccn12. The van der Waals surface area contributed by atoms with Crippen molar-refractivity contribution in [2.75, 3.05) is 6.61 Å². The van der Waals surface area contributed by atoms with Gasteiger partial charge in [-0.05, 0) is 12.1 Å². The number of hydrogen-bond donors (Lipinski definition) is 2. The minimum absolute atomic E-state index is 0.0668. The van der Waals surface area contributed by atoms with Crippen LogP contribution >= 0.6 is 0 Å². The molecule has 0 spiro atoms. The van der Waals surface area contributed by atoms with E-state index in [2.05, 4.69) is 4.98 Å². The molecule has 0 bridgehead atoms. The highest BCUT2D eigenvalue weighted by molar-refractivity contribution is 5.40. The number of aromatic nitrogens is 2. The second kappa shape index (κ2) is 3.16. The largest absolute Gasteiger partial charge is 0.394 e. The standard InChI is InChI=1S/C9H11N3O/c10-7(6-13)8-5-11-9-3-1-2-4-12(8)9/h1-5,7,13H,6,10H2/t7-/m0/s1. The lowest BCUT2D eigenvalue weighted by Crippen LogP contribution is -2.16. The van der Waals surface area contributed by atoms with Gasteiger partial charge in [-0.1, -0.05) is 6.07 Å². The minimum Gasteiger partial charge on any atom is -0.394 e. The van der Waals surface area contributed by atoms with E-state index in [1.807, 2.05) is 28.8 Å². The fraction of sp³-hybridized carbons (Fsp3) is 0.222. The van der Waals surface area contributed by atoms with Crippen molar-refractivity contribution >= 4 is 5.65 Å². The fourth-order valence-electron chi connectivity index (χ4n) is 1.32. The van der Waals surface area contributed by atoms with E-state index in [0.29, 0.717) is 0 Å². The van der Waals surface area contributed by atoms with E-state index in [9.17, 15) is 0 Å². The molecule has 0 unspecified atom stereocenters. The molecule has 0 fully saturated rings. The zero-order chi connectivity index (χ0) is 9.26. The maximum atomic E-state index is 8.90.